The molecule has 8 heteroatoms. The molecule has 2 aromatic heterocycles. The highest BCUT2D eigenvalue weighted by atomic mass is 35.5. The van der Waals surface area contributed by atoms with E-state index < -0.39 is 0 Å². The van der Waals surface area contributed by atoms with Gasteiger partial charge in [-0.3, -0.25) is 0 Å². The molecule has 0 aliphatic rings. The van der Waals surface area contributed by atoms with Crippen molar-refractivity contribution in [3.63, 3.8) is 0 Å². The van der Waals surface area contributed by atoms with Crippen LogP contribution in [0.1, 0.15) is 16.4 Å². The summed E-state index contributed by atoms with van der Waals surface area (Å²) in [4.78, 5) is 0.742. The largest absolute Gasteiger partial charge is 0.497 e. The summed E-state index contributed by atoms with van der Waals surface area (Å²) in [6, 6.07) is 15.2. The maximum absolute atomic E-state index is 6.11. The Kier molecular flexibility index (Phi) is 4.73. The SMILES string of the molecule is COc1ccc(Cc2nnc3sc(COc4ccccc4Cl)nn23)cc1. The van der Waals surface area contributed by atoms with Gasteiger partial charge in [0.25, 0.3) is 0 Å². The lowest BCUT2D eigenvalue weighted by molar-refractivity contribution is 0.304. The summed E-state index contributed by atoms with van der Waals surface area (Å²) in [5.41, 5.74) is 1.11. The number of benzene rings is 2. The molecule has 0 aliphatic carbocycles. The molecule has 6 nitrogen and oxygen atoms in total. The number of ether oxygens (including phenoxy) is 2. The molecule has 0 fully saturated rings. The molecule has 0 atom stereocenters. The lowest BCUT2D eigenvalue weighted by atomic mass is 10.1. The Bertz CT molecular complexity index is 1030. The van der Waals surface area contributed by atoms with Crippen molar-refractivity contribution in [3.8, 4) is 11.5 Å². The van der Waals surface area contributed by atoms with Gasteiger partial charge in [-0.15, -0.1) is 10.2 Å². The Morgan fingerprint density at radius 2 is 1.88 bits per heavy atom. The predicted molar refractivity (Wildman–Crippen MR) is 100 cm³/mol. The van der Waals surface area contributed by atoms with Gasteiger partial charge >= 0.3 is 0 Å². The molecule has 0 aliphatic heterocycles. The van der Waals surface area contributed by atoms with Crippen LogP contribution in [0.3, 0.4) is 0 Å². The van der Waals surface area contributed by atoms with Crippen LogP contribution in [0.2, 0.25) is 5.02 Å². The first kappa shape index (κ1) is 16.8. The monoisotopic (exact) mass is 386 g/mol. The number of hydrogen-bond acceptors (Lipinski definition) is 6. The summed E-state index contributed by atoms with van der Waals surface area (Å²) in [7, 11) is 1.65. The van der Waals surface area contributed by atoms with E-state index in [-0.39, 0.29) is 0 Å². The molecule has 0 bridgehead atoms. The first-order valence-corrected chi connectivity index (χ1v) is 9.12. The summed E-state index contributed by atoms with van der Waals surface area (Å²) < 4.78 is 12.7. The molecular weight excluding hydrogens is 372 g/mol. The van der Waals surface area contributed by atoms with Crippen LogP contribution < -0.4 is 9.47 Å². The van der Waals surface area contributed by atoms with Crippen LogP contribution in [0.4, 0.5) is 0 Å². The van der Waals surface area contributed by atoms with Crippen LogP contribution in [-0.2, 0) is 13.0 Å². The first-order valence-electron chi connectivity index (χ1n) is 7.93. The van der Waals surface area contributed by atoms with E-state index in [0.717, 1.165) is 27.1 Å². The quantitative estimate of drug-likeness (QED) is 0.501. The van der Waals surface area contributed by atoms with E-state index in [1.54, 1.807) is 17.7 Å². The minimum absolute atomic E-state index is 0.333. The second kappa shape index (κ2) is 7.31. The van der Waals surface area contributed by atoms with Crippen LogP contribution in [0.15, 0.2) is 48.5 Å². The molecule has 2 heterocycles. The summed E-state index contributed by atoms with van der Waals surface area (Å²) in [6.45, 7) is 0.333. The summed E-state index contributed by atoms with van der Waals surface area (Å²) in [6.07, 6.45) is 0.639. The van der Waals surface area contributed by atoms with E-state index in [0.29, 0.717) is 23.8 Å². The normalized spacial score (nSPS) is 11.0. The van der Waals surface area contributed by atoms with Crippen molar-refractivity contribution in [1.82, 2.24) is 19.8 Å². The fourth-order valence-corrected chi connectivity index (χ4v) is 3.45. The van der Waals surface area contributed by atoms with Crippen molar-refractivity contribution >= 4 is 27.9 Å². The van der Waals surface area contributed by atoms with Crippen molar-refractivity contribution in [1.29, 1.82) is 0 Å². The molecular formula is C18H15ClN4O2S. The Morgan fingerprint density at radius 3 is 2.65 bits per heavy atom. The molecule has 0 saturated carbocycles. The zero-order valence-corrected chi connectivity index (χ0v) is 15.5. The van der Waals surface area contributed by atoms with Gasteiger partial charge in [-0.1, -0.05) is 47.2 Å². The van der Waals surface area contributed by atoms with Gasteiger partial charge in [0.05, 0.1) is 12.1 Å². The van der Waals surface area contributed by atoms with E-state index in [4.69, 9.17) is 21.1 Å². The van der Waals surface area contributed by atoms with E-state index in [9.17, 15) is 0 Å². The van der Waals surface area contributed by atoms with Crippen LogP contribution in [0.5, 0.6) is 11.5 Å². The van der Waals surface area contributed by atoms with Gasteiger partial charge < -0.3 is 9.47 Å². The van der Waals surface area contributed by atoms with E-state index in [2.05, 4.69) is 15.3 Å². The van der Waals surface area contributed by atoms with Crippen molar-refractivity contribution in [2.75, 3.05) is 7.11 Å². The van der Waals surface area contributed by atoms with Crippen molar-refractivity contribution in [2.45, 2.75) is 13.0 Å². The minimum Gasteiger partial charge on any atom is -0.497 e. The number of nitrogens with zero attached hydrogens (tertiary/aromatic N) is 4. The Labute approximate surface area is 159 Å². The van der Waals surface area contributed by atoms with Gasteiger partial charge in [0, 0.05) is 6.42 Å². The zero-order valence-electron chi connectivity index (χ0n) is 13.9. The topological polar surface area (TPSA) is 61.5 Å². The standard InChI is InChI=1S/C18H15ClN4O2S/c1-24-13-8-6-12(7-9-13)10-16-20-21-18-23(16)22-17(26-18)11-25-15-5-3-2-4-14(15)19/h2-9H,10-11H2,1H3. The van der Waals surface area contributed by atoms with Crippen LogP contribution >= 0.6 is 22.9 Å². The summed E-state index contributed by atoms with van der Waals surface area (Å²) >= 11 is 7.56. The molecule has 2 aromatic carbocycles. The number of aromatic nitrogens is 4. The van der Waals surface area contributed by atoms with Crippen molar-refractivity contribution < 1.29 is 9.47 Å². The number of hydrogen-bond donors (Lipinski definition) is 0. The fourth-order valence-electron chi connectivity index (χ4n) is 2.49. The van der Waals surface area contributed by atoms with Crippen molar-refractivity contribution in [3.05, 3.63) is 69.9 Å². The van der Waals surface area contributed by atoms with Gasteiger partial charge in [0.1, 0.15) is 18.1 Å². The highest BCUT2D eigenvalue weighted by molar-refractivity contribution is 7.16. The molecule has 0 amide bonds. The fraction of sp³-hybridized carbons (Fsp3) is 0.167. The molecule has 0 radical (unpaired) electrons. The van der Waals surface area contributed by atoms with E-state index in [1.165, 1.54) is 11.3 Å². The molecule has 0 saturated heterocycles. The second-order valence-corrected chi connectivity index (χ2v) is 7.00. The lowest BCUT2D eigenvalue weighted by Gasteiger charge is -2.05. The van der Waals surface area contributed by atoms with Gasteiger partial charge in [-0.05, 0) is 29.8 Å². The molecule has 4 aromatic rings. The highest BCUT2D eigenvalue weighted by Gasteiger charge is 2.13. The van der Waals surface area contributed by atoms with Gasteiger partial charge in [0.15, 0.2) is 10.8 Å². The van der Waals surface area contributed by atoms with Crippen LogP contribution in [0.25, 0.3) is 4.96 Å². The third kappa shape index (κ3) is 3.49. The maximum Gasteiger partial charge on any atom is 0.234 e. The minimum atomic E-state index is 0.333. The molecule has 132 valence electrons. The smallest absolute Gasteiger partial charge is 0.234 e. The van der Waals surface area contributed by atoms with Crippen molar-refractivity contribution in [2.24, 2.45) is 0 Å². The van der Waals surface area contributed by atoms with Gasteiger partial charge in [-0.25, -0.2) is 0 Å². The molecule has 0 spiro atoms. The van der Waals surface area contributed by atoms with Gasteiger partial charge in [-0.2, -0.15) is 9.61 Å². The van der Waals surface area contributed by atoms with E-state index in [1.807, 2.05) is 42.5 Å². The van der Waals surface area contributed by atoms with E-state index >= 15 is 0 Å². The number of rotatable bonds is 6. The summed E-state index contributed by atoms with van der Waals surface area (Å²) in [5, 5.41) is 14.4. The Balaban J connectivity index is 1.50. The molecule has 0 N–H and O–H groups in total. The van der Waals surface area contributed by atoms with Gasteiger partial charge in [0.2, 0.25) is 4.96 Å². The number of methoxy groups -OCH3 is 1. The Hall–Kier alpha value is -2.64. The second-order valence-electron chi connectivity index (χ2n) is 5.55. The first-order chi connectivity index (χ1) is 12.7. The Morgan fingerprint density at radius 1 is 1.08 bits per heavy atom. The lowest BCUT2D eigenvalue weighted by Crippen LogP contribution is -2.00. The molecule has 0 unspecified atom stereocenters. The van der Waals surface area contributed by atoms with Crippen LogP contribution in [0, 0.1) is 0 Å². The predicted octanol–water partition coefficient (Wildman–Crippen LogP) is 4.02. The summed E-state index contributed by atoms with van der Waals surface area (Å²) in [5.74, 6) is 2.25. The van der Waals surface area contributed by atoms with Crippen LogP contribution in [-0.4, -0.2) is 26.9 Å². The molecule has 26 heavy (non-hydrogen) atoms. The molecule has 4 rings (SSSR count). The third-order valence-corrected chi connectivity index (χ3v) is 4.99. The third-order valence-electron chi connectivity index (χ3n) is 3.81. The number of para-hydroxylation sites is 1. The number of halogens is 1. The number of fused-ring (bicyclic) bond motifs is 1. The average Bonchev–Trinajstić information content (AvgIpc) is 3.23. The highest BCUT2D eigenvalue weighted by Crippen LogP contribution is 2.25. The maximum atomic E-state index is 6.11. The zero-order chi connectivity index (χ0) is 17.9. The average molecular weight is 387 g/mol.